The molecule has 1 aromatic heterocycles. The lowest BCUT2D eigenvalue weighted by Gasteiger charge is -2.00. The number of hydrogen-bond acceptors (Lipinski definition) is 3. The standard InChI is InChI=1S/C19H28N2OS/c1-2-3-4-5-6-7-8-9-10-13-16-20-21-19(22)17-14-11-12-15-18(17)23-21/h11-12,14-16H,2-10,13H2,1H3/b20-16+. The van der Waals surface area contributed by atoms with Gasteiger partial charge in [-0.05, 0) is 36.5 Å². The van der Waals surface area contributed by atoms with E-state index in [-0.39, 0.29) is 5.56 Å². The molecular formula is C19H28N2OS. The van der Waals surface area contributed by atoms with Crippen molar-refractivity contribution in [3.8, 4) is 0 Å². The molecule has 126 valence electrons. The fourth-order valence-corrected chi connectivity index (χ4v) is 3.59. The molecule has 1 aromatic carbocycles. The molecule has 1 heterocycles. The van der Waals surface area contributed by atoms with E-state index >= 15 is 0 Å². The monoisotopic (exact) mass is 332 g/mol. The summed E-state index contributed by atoms with van der Waals surface area (Å²) in [5, 5.41) is 5.07. The Morgan fingerprint density at radius 2 is 1.65 bits per heavy atom. The molecule has 0 spiro atoms. The van der Waals surface area contributed by atoms with Crippen molar-refractivity contribution in [2.24, 2.45) is 5.10 Å². The van der Waals surface area contributed by atoms with Gasteiger partial charge in [-0.2, -0.15) is 5.10 Å². The molecular weight excluding hydrogens is 304 g/mol. The molecule has 0 saturated heterocycles. The van der Waals surface area contributed by atoms with Crippen LogP contribution in [-0.2, 0) is 0 Å². The molecule has 2 rings (SSSR count). The minimum atomic E-state index is -0.00562. The molecule has 0 unspecified atom stereocenters. The van der Waals surface area contributed by atoms with Crippen LogP contribution in [0.15, 0.2) is 34.2 Å². The SMILES string of the molecule is CCCCCCCCCCC/C=N/n1sc2ccccc2c1=O. The molecule has 4 heteroatoms. The zero-order valence-corrected chi connectivity index (χ0v) is 15.0. The number of benzene rings is 1. The molecule has 0 aliphatic heterocycles. The van der Waals surface area contributed by atoms with Gasteiger partial charge in [-0.1, -0.05) is 70.4 Å². The van der Waals surface area contributed by atoms with Crippen LogP contribution < -0.4 is 5.56 Å². The van der Waals surface area contributed by atoms with Crippen LogP contribution in [0.5, 0.6) is 0 Å². The minimum Gasteiger partial charge on any atom is -0.266 e. The average molecular weight is 333 g/mol. The Kier molecular flexibility index (Phi) is 8.08. The summed E-state index contributed by atoms with van der Waals surface area (Å²) in [5.41, 5.74) is -0.00562. The third-order valence-corrected chi connectivity index (χ3v) is 5.09. The predicted octanol–water partition coefficient (Wildman–Crippen LogP) is 5.82. The summed E-state index contributed by atoms with van der Waals surface area (Å²) in [7, 11) is 0. The van der Waals surface area contributed by atoms with Crippen LogP contribution in [0.3, 0.4) is 0 Å². The van der Waals surface area contributed by atoms with Crippen LogP contribution in [0, 0.1) is 0 Å². The summed E-state index contributed by atoms with van der Waals surface area (Å²) < 4.78 is 2.50. The lowest BCUT2D eigenvalue weighted by molar-refractivity contribution is 0.569. The molecule has 0 N–H and O–H groups in total. The third kappa shape index (κ3) is 5.94. The molecule has 0 bridgehead atoms. The van der Waals surface area contributed by atoms with E-state index in [1.165, 1.54) is 67.0 Å². The first-order valence-corrected chi connectivity index (χ1v) is 9.74. The molecule has 0 saturated carbocycles. The van der Waals surface area contributed by atoms with Gasteiger partial charge in [0.2, 0.25) is 0 Å². The van der Waals surface area contributed by atoms with Gasteiger partial charge in [0.05, 0.1) is 10.1 Å². The first-order chi connectivity index (χ1) is 11.3. The van der Waals surface area contributed by atoms with Crippen LogP contribution in [0.25, 0.3) is 10.1 Å². The summed E-state index contributed by atoms with van der Waals surface area (Å²) in [5.74, 6) is 0. The predicted molar refractivity (Wildman–Crippen MR) is 102 cm³/mol. The Balaban J connectivity index is 1.61. The first-order valence-electron chi connectivity index (χ1n) is 8.97. The minimum absolute atomic E-state index is 0.00562. The first kappa shape index (κ1) is 17.9. The van der Waals surface area contributed by atoms with Crippen LogP contribution in [0.4, 0.5) is 0 Å². The maximum Gasteiger partial charge on any atom is 0.289 e. The number of fused-ring (bicyclic) bond motifs is 1. The molecule has 0 aliphatic rings. The van der Waals surface area contributed by atoms with E-state index in [4.69, 9.17) is 0 Å². The van der Waals surface area contributed by atoms with Crippen LogP contribution in [0.2, 0.25) is 0 Å². The average Bonchev–Trinajstić information content (AvgIpc) is 2.89. The van der Waals surface area contributed by atoms with Crippen molar-refractivity contribution >= 4 is 27.8 Å². The van der Waals surface area contributed by atoms with Crippen LogP contribution in [0.1, 0.15) is 71.1 Å². The zero-order chi connectivity index (χ0) is 16.3. The third-order valence-electron chi connectivity index (χ3n) is 4.10. The van der Waals surface area contributed by atoms with Gasteiger partial charge in [0, 0.05) is 6.21 Å². The van der Waals surface area contributed by atoms with Crippen molar-refractivity contribution < 1.29 is 0 Å². The zero-order valence-electron chi connectivity index (χ0n) is 14.2. The van der Waals surface area contributed by atoms with E-state index in [1.54, 1.807) is 0 Å². The summed E-state index contributed by atoms with van der Waals surface area (Å²) in [6.07, 6.45) is 14.8. The van der Waals surface area contributed by atoms with E-state index in [0.717, 1.165) is 22.9 Å². The van der Waals surface area contributed by atoms with Gasteiger partial charge in [-0.15, -0.1) is 4.07 Å². The Labute approximate surface area is 143 Å². The highest BCUT2D eigenvalue weighted by Gasteiger charge is 2.04. The molecule has 0 fully saturated rings. The van der Waals surface area contributed by atoms with E-state index in [2.05, 4.69) is 12.0 Å². The normalized spacial score (nSPS) is 11.7. The second kappa shape index (κ2) is 10.4. The largest absolute Gasteiger partial charge is 0.289 e. The van der Waals surface area contributed by atoms with E-state index < -0.39 is 0 Å². The fraction of sp³-hybridized carbons (Fsp3) is 0.579. The summed E-state index contributed by atoms with van der Waals surface area (Å²) in [6.45, 7) is 2.26. The van der Waals surface area contributed by atoms with Gasteiger partial charge in [0.15, 0.2) is 0 Å². The second-order valence-corrected chi connectivity index (χ2v) is 7.05. The van der Waals surface area contributed by atoms with Crippen molar-refractivity contribution in [3.05, 3.63) is 34.6 Å². The van der Waals surface area contributed by atoms with E-state index in [0.29, 0.717) is 0 Å². The number of unbranched alkanes of at least 4 members (excludes halogenated alkanes) is 9. The van der Waals surface area contributed by atoms with Crippen LogP contribution >= 0.6 is 11.5 Å². The summed E-state index contributed by atoms with van der Waals surface area (Å²) in [4.78, 5) is 12.1. The van der Waals surface area contributed by atoms with E-state index in [1.807, 2.05) is 30.5 Å². The molecule has 3 nitrogen and oxygen atoms in total. The van der Waals surface area contributed by atoms with Gasteiger partial charge < -0.3 is 0 Å². The lowest BCUT2D eigenvalue weighted by Crippen LogP contribution is -2.08. The Morgan fingerprint density at radius 3 is 2.35 bits per heavy atom. The number of hydrogen-bond donors (Lipinski definition) is 0. The van der Waals surface area contributed by atoms with Gasteiger partial charge in [-0.25, -0.2) is 0 Å². The van der Waals surface area contributed by atoms with Gasteiger partial charge in [-0.3, -0.25) is 4.79 Å². The van der Waals surface area contributed by atoms with Crippen molar-refractivity contribution in [1.82, 2.24) is 4.07 Å². The Morgan fingerprint density at radius 1 is 1.00 bits per heavy atom. The topological polar surface area (TPSA) is 34.4 Å². The highest BCUT2D eigenvalue weighted by Crippen LogP contribution is 2.15. The summed E-state index contributed by atoms with van der Waals surface area (Å²) >= 11 is 1.41. The molecule has 0 atom stereocenters. The van der Waals surface area contributed by atoms with Crippen molar-refractivity contribution in [2.45, 2.75) is 71.1 Å². The molecule has 0 aliphatic carbocycles. The smallest absolute Gasteiger partial charge is 0.266 e. The fourth-order valence-electron chi connectivity index (χ4n) is 2.71. The molecule has 0 amide bonds. The van der Waals surface area contributed by atoms with Gasteiger partial charge in [0.1, 0.15) is 0 Å². The molecule has 2 aromatic rings. The number of aromatic nitrogens is 1. The highest BCUT2D eigenvalue weighted by atomic mass is 32.1. The molecule has 0 radical (unpaired) electrons. The number of nitrogens with zero attached hydrogens (tertiary/aromatic N) is 2. The lowest BCUT2D eigenvalue weighted by atomic mass is 10.1. The van der Waals surface area contributed by atoms with Gasteiger partial charge >= 0.3 is 0 Å². The Bertz CT molecular complexity index is 657. The van der Waals surface area contributed by atoms with Crippen molar-refractivity contribution in [1.29, 1.82) is 0 Å². The second-order valence-electron chi connectivity index (χ2n) is 6.08. The van der Waals surface area contributed by atoms with E-state index in [9.17, 15) is 4.79 Å². The molecule has 23 heavy (non-hydrogen) atoms. The Hall–Kier alpha value is -1.42. The maximum absolute atomic E-state index is 12.1. The maximum atomic E-state index is 12.1. The highest BCUT2D eigenvalue weighted by molar-refractivity contribution is 7.13. The van der Waals surface area contributed by atoms with Crippen molar-refractivity contribution in [3.63, 3.8) is 0 Å². The summed E-state index contributed by atoms with van der Waals surface area (Å²) in [6, 6.07) is 7.68. The van der Waals surface area contributed by atoms with Crippen molar-refractivity contribution in [2.75, 3.05) is 0 Å². The number of rotatable bonds is 11. The quantitative estimate of drug-likeness (QED) is 0.377. The van der Waals surface area contributed by atoms with Gasteiger partial charge in [0.25, 0.3) is 5.56 Å². The van der Waals surface area contributed by atoms with Crippen LogP contribution in [-0.4, -0.2) is 10.3 Å².